The van der Waals surface area contributed by atoms with Gasteiger partial charge in [-0.05, 0) is 23.8 Å². The van der Waals surface area contributed by atoms with Crippen molar-refractivity contribution in [2.24, 2.45) is 7.05 Å². The van der Waals surface area contributed by atoms with Crippen LogP contribution in [0.3, 0.4) is 0 Å². The zero-order valence-corrected chi connectivity index (χ0v) is 13.5. The van der Waals surface area contributed by atoms with Gasteiger partial charge in [0.1, 0.15) is 0 Å². The average molecular weight is 356 g/mol. The minimum atomic E-state index is -0.186. The maximum absolute atomic E-state index is 12.3. The molecular formula is C17H14BrN3O. The number of nitrogens with one attached hydrogen (secondary N) is 1. The van der Waals surface area contributed by atoms with Crippen molar-refractivity contribution in [2.75, 3.05) is 5.32 Å². The van der Waals surface area contributed by atoms with Crippen LogP contribution in [0.1, 0.15) is 10.4 Å². The summed E-state index contributed by atoms with van der Waals surface area (Å²) in [5.41, 5.74) is 2.59. The first-order valence-electron chi connectivity index (χ1n) is 6.79. The van der Waals surface area contributed by atoms with Gasteiger partial charge in [0.2, 0.25) is 5.95 Å². The van der Waals surface area contributed by atoms with E-state index in [1.807, 2.05) is 54.1 Å². The largest absolute Gasteiger partial charge is 0.313 e. The van der Waals surface area contributed by atoms with Crippen LogP contribution in [0, 0.1) is 0 Å². The number of nitrogens with zero attached hydrogens (tertiary/aromatic N) is 2. The Morgan fingerprint density at radius 3 is 2.64 bits per heavy atom. The van der Waals surface area contributed by atoms with E-state index in [9.17, 15) is 4.79 Å². The standard InChI is InChI=1S/C17H14BrN3O/c1-21-15(12-6-3-2-4-7-12)11-19-17(21)20-16(22)13-8-5-9-14(18)10-13/h2-11H,1H3,(H,19,20,22). The van der Waals surface area contributed by atoms with E-state index in [1.54, 1.807) is 18.3 Å². The van der Waals surface area contributed by atoms with Gasteiger partial charge in [0.05, 0.1) is 11.9 Å². The Morgan fingerprint density at radius 1 is 1.14 bits per heavy atom. The zero-order chi connectivity index (χ0) is 15.5. The molecule has 0 saturated carbocycles. The Morgan fingerprint density at radius 2 is 1.91 bits per heavy atom. The third-order valence-electron chi connectivity index (χ3n) is 3.37. The fraction of sp³-hybridized carbons (Fsp3) is 0.0588. The molecule has 2 aromatic carbocycles. The summed E-state index contributed by atoms with van der Waals surface area (Å²) >= 11 is 3.36. The Kier molecular flexibility index (Phi) is 4.06. The van der Waals surface area contributed by atoms with Gasteiger partial charge in [-0.15, -0.1) is 0 Å². The Balaban J connectivity index is 1.85. The van der Waals surface area contributed by atoms with Crippen molar-refractivity contribution in [1.29, 1.82) is 0 Å². The van der Waals surface area contributed by atoms with E-state index in [1.165, 1.54) is 0 Å². The molecule has 1 aromatic heterocycles. The average Bonchev–Trinajstić information content (AvgIpc) is 2.89. The third kappa shape index (κ3) is 2.94. The number of carbonyl (C=O) groups is 1. The van der Waals surface area contributed by atoms with E-state index < -0.39 is 0 Å². The molecule has 0 spiro atoms. The van der Waals surface area contributed by atoms with Crippen molar-refractivity contribution in [1.82, 2.24) is 9.55 Å². The van der Waals surface area contributed by atoms with Gasteiger partial charge in [0.25, 0.3) is 5.91 Å². The predicted molar refractivity (Wildman–Crippen MR) is 90.7 cm³/mol. The molecular weight excluding hydrogens is 342 g/mol. The molecule has 0 saturated heterocycles. The summed E-state index contributed by atoms with van der Waals surface area (Å²) in [4.78, 5) is 16.6. The van der Waals surface area contributed by atoms with Gasteiger partial charge >= 0.3 is 0 Å². The zero-order valence-electron chi connectivity index (χ0n) is 12.0. The second-order valence-corrected chi connectivity index (χ2v) is 5.77. The quantitative estimate of drug-likeness (QED) is 0.768. The number of aromatic nitrogens is 2. The van der Waals surface area contributed by atoms with E-state index >= 15 is 0 Å². The van der Waals surface area contributed by atoms with Crippen LogP contribution in [-0.2, 0) is 7.05 Å². The number of hydrogen-bond donors (Lipinski definition) is 1. The summed E-state index contributed by atoms with van der Waals surface area (Å²) in [6, 6.07) is 17.2. The number of halogens is 1. The second kappa shape index (κ2) is 6.15. The van der Waals surface area contributed by atoms with E-state index in [2.05, 4.69) is 26.2 Å². The lowest BCUT2D eigenvalue weighted by Gasteiger charge is -2.08. The summed E-state index contributed by atoms with van der Waals surface area (Å²) in [6.07, 6.45) is 1.76. The van der Waals surface area contributed by atoms with Gasteiger partial charge in [-0.25, -0.2) is 4.98 Å². The molecule has 1 amide bonds. The van der Waals surface area contributed by atoms with E-state index in [-0.39, 0.29) is 5.91 Å². The molecule has 0 aliphatic heterocycles. The van der Waals surface area contributed by atoms with Gasteiger partial charge in [-0.2, -0.15) is 0 Å². The Hall–Kier alpha value is -2.40. The number of amides is 1. The Labute approximate surface area is 136 Å². The summed E-state index contributed by atoms with van der Waals surface area (Å²) < 4.78 is 2.73. The summed E-state index contributed by atoms with van der Waals surface area (Å²) in [7, 11) is 1.88. The van der Waals surface area contributed by atoms with E-state index in [0.717, 1.165) is 15.7 Å². The molecule has 5 heteroatoms. The molecule has 0 unspecified atom stereocenters. The lowest BCUT2D eigenvalue weighted by atomic mass is 10.2. The topological polar surface area (TPSA) is 46.9 Å². The molecule has 22 heavy (non-hydrogen) atoms. The fourth-order valence-corrected chi connectivity index (χ4v) is 2.61. The van der Waals surface area contributed by atoms with Crippen LogP contribution in [0.2, 0.25) is 0 Å². The molecule has 0 atom stereocenters. The lowest BCUT2D eigenvalue weighted by Crippen LogP contribution is -2.15. The lowest BCUT2D eigenvalue weighted by molar-refractivity contribution is 0.102. The number of rotatable bonds is 3. The van der Waals surface area contributed by atoms with E-state index in [0.29, 0.717) is 11.5 Å². The Bertz CT molecular complexity index is 812. The van der Waals surface area contributed by atoms with E-state index in [4.69, 9.17) is 0 Å². The van der Waals surface area contributed by atoms with Gasteiger partial charge in [0, 0.05) is 17.1 Å². The molecule has 0 radical (unpaired) electrons. The molecule has 3 aromatic rings. The van der Waals surface area contributed by atoms with Gasteiger partial charge in [-0.3, -0.25) is 10.1 Å². The van der Waals surface area contributed by atoms with Crippen molar-refractivity contribution in [2.45, 2.75) is 0 Å². The van der Waals surface area contributed by atoms with Crippen molar-refractivity contribution in [3.8, 4) is 11.3 Å². The van der Waals surface area contributed by atoms with Gasteiger partial charge in [0.15, 0.2) is 0 Å². The number of benzene rings is 2. The fourth-order valence-electron chi connectivity index (χ4n) is 2.21. The van der Waals surface area contributed by atoms with Crippen LogP contribution in [0.5, 0.6) is 0 Å². The van der Waals surface area contributed by atoms with Crippen molar-refractivity contribution >= 4 is 27.8 Å². The van der Waals surface area contributed by atoms with Crippen LogP contribution in [0.4, 0.5) is 5.95 Å². The summed E-state index contributed by atoms with van der Waals surface area (Å²) in [6.45, 7) is 0. The highest BCUT2D eigenvalue weighted by atomic mass is 79.9. The van der Waals surface area contributed by atoms with Crippen molar-refractivity contribution < 1.29 is 4.79 Å². The normalized spacial score (nSPS) is 10.5. The monoisotopic (exact) mass is 355 g/mol. The minimum Gasteiger partial charge on any atom is -0.313 e. The molecule has 1 heterocycles. The molecule has 3 rings (SSSR count). The summed E-state index contributed by atoms with van der Waals surface area (Å²) in [5.74, 6) is 0.332. The highest BCUT2D eigenvalue weighted by Gasteiger charge is 2.12. The maximum atomic E-state index is 12.3. The molecule has 0 bridgehead atoms. The minimum absolute atomic E-state index is 0.186. The number of hydrogen-bond acceptors (Lipinski definition) is 2. The number of imidazole rings is 1. The van der Waals surface area contributed by atoms with Crippen molar-refractivity contribution in [3.63, 3.8) is 0 Å². The number of anilines is 1. The first kappa shape index (κ1) is 14.5. The molecule has 0 fully saturated rings. The highest BCUT2D eigenvalue weighted by molar-refractivity contribution is 9.10. The first-order valence-corrected chi connectivity index (χ1v) is 7.58. The summed E-state index contributed by atoms with van der Waals surface area (Å²) in [5, 5.41) is 2.84. The van der Waals surface area contributed by atoms with Crippen LogP contribution in [0.15, 0.2) is 65.3 Å². The maximum Gasteiger partial charge on any atom is 0.258 e. The van der Waals surface area contributed by atoms with Crippen LogP contribution in [0.25, 0.3) is 11.3 Å². The molecule has 4 nitrogen and oxygen atoms in total. The van der Waals surface area contributed by atoms with Gasteiger partial charge in [-0.1, -0.05) is 52.3 Å². The smallest absolute Gasteiger partial charge is 0.258 e. The second-order valence-electron chi connectivity index (χ2n) is 4.86. The number of carbonyl (C=O) groups excluding carboxylic acids is 1. The third-order valence-corrected chi connectivity index (χ3v) is 3.86. The van der Waals surface area contributed by atoms with Crippen molar-refractivity contribution in [3.05, 3.63) is 70.8 Å². The highest BCUT2D eigenvalue weighted by Crippen LogP contribution is 2.22. The van der Waals surface area contributed by atoms with Crippen LogP contribution >= 0.6 is 15.9 Å². The molecule has 0 aliphatic rings. The molecule has 1 N–H and O–H groups in total. The SMILES string of the molecule is Cn1c(-c2ccccc2)cnc1NC(=O)c1cccc(Br)c1. The first-order chi connectivity index (χ1) is 10.6. The van der Waals surface area contributed by atoms with Crippen LogP contribution < -0.4 is 5.32 Å². The molecule has 0 aliphatic carbocycles. The van der Waals surface area contributed by atoms with Gasteiger partial charge < -0.3 is 4.57 Å². The van der Waals surface area contributed by atoms with Crippen LogP contribution in [-0.4, -0.2) is 15.5 Å². The predicted octanol–water partition coefficient (Wildman–Crippen LogP) is 4.10. The molecule has 110 valence electrons.